The van der Waals surface area contributed by atoms with E-state index in [1.165, 1.54) is 64.2 Å². The van der Waals surface area contributed by atoms with Gasteiger partial charge >= 0.3 is 0 Å². The molecule has 0 aliphatic carbocycles. The monoisotopic (exact) mass is 324 g/mol. The first-order chi connectivity index (χ1) is 10.2. The third kappa shape index (κ3) is 6.75. The van der Waals surface area contributed by atoms with Gasteiger partial charge < -0.3 is 4.12 Å². The van der Waals surface area contributed by atoms with Crippen molar-refractivity contribution in [3.63, 3.8) is 0 Å². The molecular formula is C14H28N4OSi2+2. The standard InChI is InChI=1S/C14H28N4OSi2/c1-15-7-9-17(13-15)5-3-11-20-19-21-12-4-6-18-10-8-16(2)14-18/h13-14H,3-12H2,1-2H3/q+2. The molecule has 4 radical (unpaired) electrons. The van der Waals surface area contributed by atoms with Crippen molar-refractivity contribution < 1.29 is 13.3 Å². The lowest BCUT2D eigenvalue weighted by atomic mass is 10.4. The number of hydrogen-bond acceptors (Lipinski definition) is 3. The number of nitrogens with zero attached hydrogens (tertiary/aromatic N) is 4. The van der Waals surface area contributed by atoms with Crippen molar-refractivity contribution in [1.82, 2.24) is 9.80 Å². The zero-order valence-electron chi connectivity index (χ0n) is 13.4. The van der Waals surface area contributed by atoms with E-state index in [2.05, 4.69) is 45.7 Å². The molecule has 0 aromatic rings. The smallest absolute Gasteiger partial charge is 0.234 e. The Hall–Kier alpha value is -0.666. The lowest BCUT2D eigenvalue weighted by Gasteiger charge is -2.07. The van der Waals surface area contributed by atoms with E-state index in [0.29, 0.717) is 19.5 Å². The van der Waals surface area contributed by atoms with Crippen LogP contribution >= 0.6 is 0 Å². The summed E-state index contributed by atoms with van der Waals surface area (Å²) in [6.07, 6.45) is 6.97. The molecule has 0 atom stereocenters. The molecule has 0 aromatic carbocycles. The van der Waals surface area contributed by atoms with Crippen molar-refractivity contribution in [2.75, 3.05) is 53.4 Å². The molecule has 0 aromatic heterocycles. The Kier molecular flexibility index (Phi) is 7.45. The van der Waals surface area contributed by atoms with E-state index >= 15 is 0 Å². The highest BCUT2D eigenvalue weighted by Crippen LogP contribution is 2.00. The van der Waals surface area contributed by atoms with Gasteiger partial charge in [0.1, 0.15) is 26.2 Å². The van der Waals surface area contributed by atoms with Gasteiger partial charge in [-0.05, 0) is 24.9 Å². The minimum atomic E-state index is 0.692. The summed E-state index contributed by atoms with van der Waals surface area (Å²) in [6, 6.07) is 2.43. The number of likely N-dealkylation sites (N-methyl/N-ethyl adjacent to an activating group) is 2. The van der Waals surface area contributed by atoms with E-state index in [1.807, 2.05) is 0 Å². The molecule has 5 nitrogen and oxygen atoms in total. The van der Waals surface area contributed by atoms with Crippen LogP contribution < -0.4 is 0 Å². The molecular weight excluding hydrogens is 296 g/mol. The fourth-order valence-electron chi connectivity index (χ4n) is 2.56. The summed E-state index contributed by atoms with van der Waals surface area (Å²) in [5.41, 5.74) is 0. The summed E-state index contributed by atoms with van der Waals surface area (Å²) >= 11 is 0. The summed E-state index contributed by atoms with van der Waals surface area (Å²) < 4.78 is 10.3. The molecule has 2 aliphatic rings. The van der Waals surface area contributed by atoms with Crippen LogP contribution in [0.3, 0.4) is 0 Å². The zero-order chi connectivity index (χ0) is 14.9. The summed E-state index contributed by atoms with van der Waals surface area (Å²) in [5, 5.41) is 0. The molecule has 2 aliphatic heterocycles. The highest BCUT2D eigenvalue weighted by molar-refractivity contribution is 6.42. The van der Waals surface area contributed by atoms with Gasteiger partial charge in [-0.15, -0.1) is 0 Å². The summed E-state index contributed by atoms with van der Waals surface area (Å²) in [5.74, 6) is 0. The second kappa shape index (κ2) is 9.37. The molecule has 0 N–H and O–H groups in total. The number of rotatable bonds is 10. The van der Waals surface area contributed by atoms with E-state index < -0.39 is 0 Å². The van der Waals surface area contributed by atoms with Crippen molar-refractivity contribution in [3.8, 4) is 0 Å². The number of hydrogen-bond donors (Lipinski definition) is 0. The van der Waals surface area contributed by atoms with E-state index in [1.54, 1.807) is 0 Å². The van der Waals surface area contributed by atoms with E-state index in [9.17, 15) is 0 Å². The van der Waals surface area contributed by atoms with Gasteiger partial charge in [0, 0.05) is 0 Å². The molecule has 2 heterocycles. The lowest BCUT2D eigenvalue weighted by molar-refractivity contribution is -0.482. The van der Waals surface area contributed by atoms with Crippen LogP contribution in [0.5, 0.6) is 0 Å². The lowest BCUT2D eigenvalue weighted by Crippen LogP contribution is -2.22. The summed E-state index contributed by atoms with van der Waals surface area (Å²) in [4.78, 5) is 4.83. The van der Waals surface area contributed by atoms with Gasteiger partial charge in [-0.25, -0.2) is 0 Å². The molecule has 0 amide bonds. The van der Waals surface area contributed by atoms with Crippen LogP contribution in [-0.2, 0) is 4.12 Å². The van der Waals surface area contributed by atoms with Crippen molar-refractivity contribution in [3.05, 3.63) is 0 Å². The van der Waals surface area contributed by atoms with Crippen molar-refractivity contribution in [1.29, 1.82) is 0 Å². The Bertz CT molecular complexity index is 342. The predicted molar refractivity (Wildman–Crippen MR) is 88.8 cm³/mol. The maximum Gasteiger partial charge on any atom is 0.234 e. The first-order valence-electron chi connectivity index (χ1n) is 7.94. The first-order valence-corrected chi connectivity index (χ1v) is 10.2. The third-order valence-corrected chi connectivity index (χ3v) is 6.06. The molecule has 0 unspecified atom stereocenters. The summed E-state index contributed by atoms with van der Waals surface area (Å²) in [7, 11) is 5.67. The minimum Gasteiger partial charge on any atom is -0.457 e. The van der Waals surface area contributed by atoms with Gasteiger partial charge in [-0.3, -0.25) is 19.0 Å². The van der Waals surface area contributed by atoms with Crippen molar-refractivity contribution in [2.45, 2.75) is 24.9 Å². The van der Waals surface area contributed by atoms with Gasteiger partial charge in [0.25, 0.3) is 0 Å². The SMILES string of the molecule is C[N+]1=CN(CCC[Si]O[Si]CCCN2C=[N+](C)CC2)CC1. The van der Waals surface area contributed by atoms with Crippen LogP contribution in [0.1, 0.15) is 12.8 Å². The van der Waals surface area contributed by atoms with Crippen LogP contribution in [0.15, 0.2) is 0 Å². The predicted octanol–water partition coefficient (Wildman–Crippen LogP) is -0.169. The highest BCUT2D eigenvalue weighted by Gasteiger charge is 2.16. The van der Waals surface area contributed by atoms with Gasteiger partial charge in [0.05, 0.1) is 27.2 Å². The minimum absolute atomic E-state index is 0.692. The zero-order valence-corrected chi connectivity index (χ0v) is 15.4. The van der Waals surface area contributed by atoms with Crippen LogP contribution in [0.4, 0.5) is 0 Å². The Morgan fingerprint density at radius 2 is 1.38 bits per heavy atom. The van der Waals surface area contributed by atoms with Crippen molar-refractivity contribution in [2.24, 2.45) is 0 Å². The largest absolute Gasteiger partial charge is 0.457 e. The maximum atomic E-state index is 5.78. The second-order valence-electron chi connectivity index (χ2n) is 5.86. The molecule has 116 valence electrons. The Morgan fingerprint density at radius 3 is 1.76 bits per heavy atom. The first kappa shape index (κ1) is 16.7. The quantitative estimate of drug-likeness (QED) is 0.316. The Labute approximate surface area is 134 Å². The second-order valence-corrected chi connectivity index (χ2v) is 8.26. The molecule has 0 saturated carbocycles. The average Bonchev–Trinajstić information content (AvgIpc) is 3.06. The van der Waals surface area contributed by atoms with Gasteiger partial charge in [-0.2, -0.15) is 0 Å². The molecule has 2 rings (SSSR count). The van der Waals surface area contributed by atoms with Crippen LogP contribution in [0, 0.1) is 0 Å². The Balaban J connectivity index is 1.34. The van der Waals surface area contributed by atoms with Crippen molar-refractivity contribution >= 4 is 32.2 Å². The van der Waals surface area contributed by atoms with E-state index in [-0.39, 0.29) is 0 Å². The normalized spacial score (nSPS) is 18.4. The maximum absolute atomic E-state index is 5.78. The fraction of sp³-hybridized carbons (Fsp3) is 0.857. The molecule has 0 bridgehead atoms. The van der Waals surface area contributed by atoms with Gasteiger partial charge in [-0.1, -0.05) is 0 Å². The molecule has 0 fully saturated rings. The molecule has 7 heteroatoms. The average molecular weight is 325 g/mol. The molecule has 0 spiro atoms. The van der Waals surface area contributed by atoms with E-state index in [4.69, 9.17) is 4.12 Å². The summed E-state index contributed by atoms with van der Waals surface area (Å²) in [6.45, 7) is 7.08. The Morgan fingerprint density at radius 1 is 0.905 bits per heavy atom. The fourth-order valence-corrected chi connectivity index (χ4v) is 4.39. The molecule has 21 heavy (non-hydrogen) atoms. The highest BCUT2D eigenvalue weighted by atomic mass is 28.3. The van der Waals surface area contributed by atoms with Gasteiger partial charge in [0.15, 0.2) is 0 Å². The van der Waals surface area contributed by atoms with Crippen LogP contribution in [0.2, 0.25) is 12.1 Å². The van der Waals surface area contributed by atoms with E-state index in [0.717, 1.165) is 0 Å². The topological polar surface area (TPSA) is 21.7 Å². The van der Waals surface area contributed by atoms with Crippen LogP contribution in [0.25, 0.3) is 0 Å². The molecule has 0 saturated heterocycles. The van der Waals surface area contributed by atoms with Crippen LogP contribution in [-0.4, -0.2) is 105 Å². The van der Waals surface area contributed by atoms with Gasteiger partial charge in [0.2, 0.25) is 32.2 Å². The third-order valence-electron chi connectivity index (χ3n) is 3.79.